The van der Waals surface area contributed by atoms with Crippen molar-refractivity contribution in [3.8, 4) is 0 Å². The zero-order chi connectivity index (χ0) is 14.5. The molecule has 0 aliphatic rings. The Kier molecular flexibility index (Phi) is 5.16. The molecule has 0 radical (unpaired) electrons. The van der Waals surface area contributed by atoms with E-state index in [0.717, 1.165) is 18.5 Å². The van der Waals surface area contributed by atoms with Crippen LogP contribution in [-0.2, 0) is 0 Å². The van der Waals surface area contributed by atoms with E-state index >= 15 is 0 Å². The zero-order valence-corrected chi connectivity index (χ0v) is 12.5. The van der Waals surface area contributed by atoms with Gasteiger partial charge in [-0.3, -0.25) is 0 Å². The van der Waals surface area contributed by atoms with Crippen LogP contribution in [0.1, 0.15) is 36.1 Å². The van der Waals surface area contributed by atoms with E-state index in [2.05, 4.69) is 12.2 Å². The lowest BCUT2D eigenvalue weighted by Gasteiger charge is -2.21. The van der Waals surface area contributed by atoms with Crippen molar-refractivity contribution in [1.82, 2.24) is 5.32 Å². The van der Waals surface area contributed by atoms with E-state index < -0.39 is 0 Å². The summed E-state index contributed by atoms with van der Waals surface area (Å²) in [6.07, 6.45) is 0.991. The third kappa shape index (κ3) is 3.38. The Morgan fingerprint density at radius 1 is 1.20 bits per heavy atom. The van der Waals surface area contributed by atoms with Gasteiger partial charge in [0.2, 0.25) is 0 Å². The Morgan fingerprint density at radius 2 is 1.95 bits per heavy atom. The first-order chi connectivity index (χ1) is 9.63. The topological polar surface area (TPSA) is 12.0 Å². The van der Waals surface area contributed by atoms with Crippen LogP contribution in [0.15, 0.2) is 42.5 Å². The van der Waals surface area contributed by atoms with E-state index in [-0.39, 0.29) is 11.9 Å². The van der Waals surface area contributed by atoms with Crippen LogP contribution in [0.2, 0.25) is 5.02 Å². The maximum atomic E-state index is 14.4. The highest BCUT2D eigenvalue weighted by Crippen LogP contribution is 2.27. The minimum absolute atomic E-state index is 0.152. The Hall–Kier alpha value is -1.38. The lowest BCUT2D eigenvalue weighted by Crippen LogP contribution is -2.24. The number of halogens is 2. The number of aryl methyl sites for hydroxylation is 1. The Balaban J connectivity index is 2.44. The molecule has 1 nitrogen and oxygen atoms in total. The van der Waals surface area contributed by atoms with Gasteiger partial charge in [0.25, 0.3) is 0 Å². The minimum Gasteiger partial charge on any atom is -0.306 e. The normalized spacial score (nSPS) is 12.4. The first kappa shape index (κ1) is 15.0. The van der Waals surface area contributed by atoms with Crippen molar-refractivity contribution >= 4 is 11.6 Å². The van der Waals surface area contributed by atoms with E-state index in [1.165, 1.54) is 0 Å². The van der Waals surface area contributed by atoms with E-state index in [4.69, 9.17) is 11.6 Å². The maximum absolute atomic E-state index is 14.4. The predicted octanol–water partition coefficient (Wildman–Crippen LogP) is 4.88. The van der Waals surface area contributed by atoms with Crippen LogP contribution in [-0.4, -0.2) is 6.54 Å². The van der Waals surface area contributed by atoms with Gasteiger partial charge in [0.15, 0.2) is 0 Å². The molecule has 0 fully saturated rings. The average molecular weight is 292 g/mol. The molecule has 1 atom stereocenters. The standard InChI is InChI=1S/C17H19ClFN/c1-3-10-20-17(13-7-5-8-14(18)11-13)15-9-4-6-12(2)16(15)19/h4-9,11,17,20H,3,10H2,1-2H3. The molecular weight excluding hydrogens is 273 g/mol. The summed E-state index contributed by atoms with van der Waals surface area (Å²) in [5, 5.41) is 4.06. The second-order valence-corrected chi connectivity index (χ2v) is 5.36. The van der Waals surface area contributed by atoms with Crippen molar-refractivity contribution < 1.29 is 4.39 Å². The highest BCUT2D eigenvalue weighted by atomic mass is 35.5. The van der Waals surface area contributed by atoms with Crippen LogP contribution in [0.4, 0.5) is 4.39 Å². The van der Waals surface area contributed by atoms with Gasteiger partial charge in [-0.25, -0.2) is 4.39 Å². The number of rotatable bonds is 5. The molecule has 0 spiro atoms. The van der Waals surface area contributed by atoms with Crippen molar-refractivity contribution in [3.05, 3.63) is 70.0 Å². The lowest BCUT2D eigenvalue weighted by atomic mass is 9.96. The van der Waals surface area contributed by atoms with Gasteiger partial charge in [-0.1, -0.05) is 48.9 Å². The fraction of sp³-hybridized carbons (Fsp3) is 0.294. The van der Waals surface area contributed by atoms with Gasteiger partial charge < -0.3 is 5.32 Å². The first-order valence-corrected chi connectivity index (χ1v) is 7.25. The molecule has 106 valence electrons. The fourth-order valence-corrected chi connectivity index (χ4v) is 2.47. The number of hydrogen-bond acceptors (Lipinski definition) is 1. The summed E-state index contributed by atoms with van der Waals surface area (Å²) < 4.78 is 14.4. The average Bonchev–Trinajstić information content (AvgIpc) is 2.44. The minimum atomic E-state index is -0.173. The predicted molar refractivity (Wildman–Crippen MR) is 82.7 cm³/mol. The summed E-state index contributed by atoms with van der Waals surface area (Å²) in [6, 6.07) is 12.9. The highest BCUT2D eigenvalue weighted by Gasteiger charge is 2.18. The summed E-state index contributed by atoms with van der Waals surface area (Å²) in [4.78, 5) is 0. The van der Waals surface area contributed by atoms with Gasteiger partial charge in [-0.2, -0.15) is 0 Å². The van der Waals surface area contributed by atoms with Gasteiger partial charge in [-0.05, 0) is 43.1 Å². The van der Waals surface area contributed by atoms with Crippen LogP contribution >= 0.6 is 11.6 Å². The third-order valence-electron chi connectivity index (χ3n) is 3.31. The summed E-state index contributed by atoms with van der Waals surface area (Å²) in [6.45, 7) is 4.70. The summed E-state index contributed by atoms with van der Waals surface area (Å²) in [5.74, 6) is -0.152. The van der Waals surface area contributed by atoms with Gasteiger partial charge in [0, 0.05) is 10.6 Å². The zero-order valence-electron chi connectivity index (χ0n) is 11.8. The van der Waals surface area contributed by atoms with Crippen LogP contribution < -0.4 is 5.32 Å². The van der Waals surface area contributed by atoms with Gasteiger partial charge in [0.05, 0.1) is 6.04 Å². The highest BCUT2D eigenvalue weighted by molar-refractivity contribution is 6.30. The molecule has 1 unspecified atom stereocenters. The van der Waals surface area contributed by atoms with Crippen LogP contribution in [0, 0.1) is 12.7 Å². The van der Waals surface area contributed by atoms with Crippen LogP contribution in [0.25, 0.3) is 0 Å². The molecule has 0 bridgehead atoms. The first-order valence-electron chi connectivity index (χ1n) is 6.87. The molecule has 0 amide bonds. The number of hydrogen-bond donors (Lipinski definition) is 1. The van der Waals surface area contributed by atoms with Gasteiger partial charge in [-0.15, -0.1) is 0 Å². The maximum Gasteiger partial charge on any atom is 0.131 e. The molecule has 0 aliphatic carbocycles. The van der Waals surface area contributed by atoms with Crippen molar-refractivity contribution in [2.75, 3.05) is 6.54 Å². The summed E-state index contributed by atoms with van der Waals surface area (Å²) >= 11 is 6.06. The SMILES string of the molecule is CCCNC(c1cccc(Cl)c1)c1cccc(C)c1F. The molecule has 2 aromatic rings. The second-order valence-electron chi connectivity index (χ2n) is 4.92. The molecule has 0 aliphatic heterocycles. The molecule has 0 saturated heterocycles. The number of nitrogens with one attached hydrogen (secondary N) is 1. The van der Waals surface area contributed by atoms with E-state index in [1.807, 2.05) is 36.4 Å². The van der Waals surface area contributed by atoms with Crippen LogP contribution in [0.5, 0.6) is 0 Å². The van der Waals surface area contributed by atoms with Gasteiger partial charge >= 0.3 is 0 Å². The fourth-order valence-electron chi connectivity index (χ4n) is 2.28. The molecule has 2 aromatic carbocycles. The van der Waals surface area contributed by atoms with E-state index in [9.17, 15) is 4.39 Å². The summed E-state index contributed by atoms with van der Waals surface area (Å²) in [7, 11) is 0. The van der Waals surface area contributed by atoms with Crippen molar-refractivity contribution in [1.29, 1.82) is 0 Å². The summed E-state index contributed by atoms with van der Waals surface area (Å²) in [5.41, 5.74) is 2.31. The largest absolute Gasteiger partial charge is 0.306 e. The van der Waals surface area contributed by atoms with Crippen molar-refractivity contribution in [2.24, 2.45) is 0 Å². The van der Waals surface area contributed by atoms with Crippen LogP contribution in [0.3, 0.4) is 0 Å². The monoisotopic (exact) mass is 291 g/mol. The smallest absolute Gasteiger partial charge is 0.131 e. The van der Waals surface area contributed by atoms with Crippen molar-refractivity contribution in [2.45, 2.75) is 26.3 Å². The molecule has 3 heteroatoms. The lowest BCUT2D eigenvalue weighted by molar-refractivity contribution is 0.542. The Morgan fingerprint density at radius 3 is 2.65 bits per heavy atom. The Labute approximate surface area is 124 Å². The Bertz CT molecular complexity index is 583. The van der Waals surface area contributed by atoms with Gasteiger partial charge in [0.1, 0.15) is 5.82 Å². The van der Waals surface area contributed by atoms with E-state index in [1.54, 1.807) is 13.0 Å². The molecule has 20 heavy (non-hydrogen) atoms. The van der Waals surface area contributed by atoms with Crippen molar-refractivity contribution in [3.63, 3.8) is 0 Å². The number of benzene rings is 2. The molecule has 0 heterocycles. The molecule has 1 N–H and O–H groups in total. The third-order valence-corrected chi connectivity index (χ3v) is 3.55. The molecular formula is C17H19ClFN. The molecule has 0 aromatic heterocycles. The quantitative estimate of drug-likeness (QED) is 0.828. The van der Waals surface area contributed by atoms with E-state index in [0.29, 0.717) is 16.1 Å². The second kappa shape index (κ2) is 6.87. The molecule has 0 saturated carbocycles. The molecule has 2 rings (SSSR count).